The first-order chi connectivity index (χ1) is 14.7. The number of aliphatic imine (C=N–C) groups is 1. The molecule has 2 aliphatic heterocycles. The third-order valence-electron chi connectivity index (χ3n) is 5.40. The molecule has 1 aromatic carbocycles. The number of benzene rings is 1. The Morgan fingerprint density at radius 1 is 1.13 bits per heavy atom. The Morgan fingerprint density at radius 2 is 1.94 bits per heavy atom. The van der Waals surface area contributed by atoms with Crippen molar-refractivity contribution in [1.29, 1.82) is 0 Å². The zero-order valence-corrected chi connectivity index (χ0v) is 20.7. The Hall–Kier alpha value is -2.04. The smallest absolute Gasteiger partial charge is 0.321 e. The maximum Gasteiger partial charge on any atom is 0.321 e. The summed E-state index contributed by atoms with van der Waals surface area (Å²) in [7, 11) is 0. The molecule has 2 heterocycles. The predicted molar refractivity (Wildman–Crippen MR) is 135 cm³/mol. The van der Waals surface area contributed by atoms with Crippen molar-refractivity contribution in [2.75, 3.05) is 44.6 Å². The lowest BCUT2D eigenvalue weighted by Crippen LogP contribution is -2.39. The number of carbonyl (C=O) groups is 2. The number of rotatable bonds is 8. The van der Waals surface area contributed by atoms with E-state index in [0.717, 1.165) is 82.2 Å². The second kappa shape index (κ2) is 13.4. The summed E-state index contributed by atoms with van der Waals surface area (Å²) in [5, 5.41) is 9.58. The molecule has 9 heteroatoms. The van der Waals surface area contributed by atoms with E-state index in [4.69, 9.17) is 0 Å². The molecule has 0 unspecified atom stereocenters. The lowest BCUT2D eigenvalue weighted by Gasteiger charge is -2.17. The molecule has 0 radical (unpaired) electrons. The largest absolute Gasteiger partial charge is 0.357 e. The summed E-state index contributed by atoms with van der Waals surface area (Å²) in [5.41, 5.74) is 1.84. The molecular formula is C22H35IN6O2. The average molecular weight is 542 g/mol. The minimum absolute atomic E-state index is 0. The fraction of sp³-hybridized carbons (Fsp3) is 0.591. The van der Waals surface area contributed by atoms with Crippen LogP contribution in [0.15, 0.2) is 29.3 Å². The first-order valence-electron chi connectivity index (χ1n) is 11.1. The Labute approximate surface area is 202 Å². The normalized spacial score (nSPS) is 16.3. The minimum Gasteiger partial charge on any atom is -0.357 e. The maximum atomic E-state index is 12.3. The second-order valence-electron chi connectivity index (χ2n) is 7.78. The van der Waals surface area contributed by atoms with Crippen molar-refractivity contribution in [2.45, 2.75) is 45.6 Å². The van der Waals surface area contributed by atoms with Crippen molar-refractivity contribution in [3.8, 4) is 0 Å². The van der Waals surface area contributed by atoms with Crippen molar-refractivity contribution < 1.29 is 9.59 Å². The first kappa shape index (κ1) is 25.2. The molecule has 2 fully saturated rings. The van der Waals surface area contributed by atoms with Gasteiger partial charge in [0.25, 0.3) is 0 Å². The van der Waals surface area contributed by atoms with Gasteiger partial charge in [0, 0.05) is 51.4 Å². The molecule has 2 aliphatic rings. The van der Waals surface area contributed by atoms with Gasteiger partial charge in [-0.2, -0.15) is 0 Å². The number of guanidine groups is 1. The molecule has 3 amide bonds. The van der Waals surface area contributed by atoms with E-state index in [1.807, 2.05) is 41.0 Å². The van der Waals surface area contributed by atoms with Gasteiger partial charge in [-0.1, -0.05) is 12.1 Å². The van der Waals surface area contributed by atoms with Gasteiger partial charge in [-0.05, 0) is 50.3 Å². The number of urea groups is 1. The van der Waals surface area contributed by atoms with E-state index < -0.39 is 0 Å². The van der Waals surface area contributed by atoms with Crippen molar-refractivity contribution in [3.05, 3.63) is 29.8 Å². The highest BCUT2D eigenvalue weighted by atomic mass is 127. The molecule has 0 saturated carbocycles. The van der Waals surface area contributed by atoms with Gasteiger partial charge in [-0.3, -0.25) is 4.79 Å². The van der Waals surface area contributed by atoms with Gasteiger partial charge in [0.05, 0.1) is 6.54 Å². The number of carbonyl (C=O) groups excluding carboxylic acids is 2. The van der Waals surface area contributed by atoms with Gasteiger partial charge >= 0.3 is 6.03 Å². The summed E-state index contributed by atoms with van der Waals surface area (Å²) >= 11 is 0. The van der Waals surface area contributed by atoms with E-state index in [2.05, 4.69) is 20.9 Å². The second-order valence-corrected chi connectivity index (χ2v) is 7.78. The molecule has 172 valence electrons. The monoisotopic (exact) mass is 542 g/mol. The number of nitrogens with zero attached hydrogens (tertiary/aromatic N) is 3. The summed E-state index contributed by atoms with van der Waals surface area (Å²) in [5.74, 6) is 1.03. The van der Waals surface area contributed by atoms with E-state index in [1.54, 1.807) is 0 Å². The topological polar surface area (TPSA) is 89.1 Å². The van der Waals surface area contributed by atoms with Gasteiger partial charge in [-0.25, -0.2) is 9.79 Å². The fourth-order valence-corrected chi connectivity index (χ4v) is 3.80. The molecule has 3 N–H and O–H groups in total. The Morgan fingerprint density at radius 3 is 2.65 bits per heavy atom. The van der Waals surface area contributed by atoms with Crippen LogP contribution in [0.1, 0.15) is 44.6 Å². The average Bonchev–Trinajstić information content (AvgIpc) is 3.42. The van der Waals surface area contributed by atoms with Gasteiger partial charge in [0.1, 0.15) is 0 Å². The molecule has 0 aliphatic carbocycles. The number of nitrogens with one attached hydrogen (secondary N) is 3. The SMILES string of the molecule is CCNC(=NCc1cccc(NC(=O)N2CCCC2)c1)NCCCN1CCCC1=O.I. The standard InChI is InChI=1S/C22H34N6O2.HI/c1-2-23-21(24-11-7-15-27-14-6-10-20(27)29)25-17-18-8-5-9-19(16-18)26-22(30)28-12-3-4-13-28;/h5,8-9,16H,2-4,6-7,10-15,17H2,1H3,(H,26,30)(H2,23,24,25);1H. The number of anilines is 1. The zero-order valence-electron chi connectivity index (χ0n) is 18.4. The van der Waals surface area contributed by atoms with Crippen LogP contribution in [0.25, 0.3) is 0 Å². The van der Waals surface area contributed by atoms with Crippen molar-refractivity contribution in [3.63, 3.8) is 0 Å². The highest BCUT2D eigenvalue weighted by Crippen LogP contribution is 2.15. The Balaban J connectivity index is 0.00000341. The van der Waals surface area contributed by atoms with Crippen LogP contribution in [0, 0.1) is 0 Å². The Bertz CT molecular complexity index is 751. The van der Waals surface area contributed by atoms with E-state index in [9.17, 15) is 9.59 Å². The highest BCUT2D eigenvalue weighted by molar-refractivity contribution is 14.0. The summed E-state index contributed by atoms with van der Waals surface area (Å²) in [6.07, 6.45) is 4.73. The lowest BCUT2D eigenvalue weighted by molar-refractivity contribution is -0.127. The van der Waals surface area contributed by atoms with Gasteiger partial charge < -0.3 is 25.8 Å². The molecule has 8 nitrogen and oxygen atoms in total. The fourth-order valence-electron chi connectivity index (χ4n) is 3.80. The summed E-state index contributed by atoms with van der Waals surface area (Å²) in [6, 6.07) is 7.80. The van der Waals surface area contributed by atoms with Crippen LogP contribution in [0.3, 0.4) is 0 Å². The minimum atomic E-state index is -0.0281. The molecule has 0 atom stereocenters. The van der Waals surface area contributed by atoms with Crippen molar-refractivity contribution >= 4 is 47.6 Å². The predicted octanol–water partition coefficient (Wildman–Crippen LogP) is 3.00. The molecule has 0 spiro atoms. The molecule has 0 aromatic heterocycles. The van der Waals surface area contributed by atoms with E-state index in [-0.39, 0.29) is 35.9 Å². The van der Waals surface area contributed by atoms with Crippen LogP contribution in [0.2, 0.25) is 0 Å². The molecule has 31 heavy (non-hydrogen) atoms. The number of hydrogen-bond donors (Lipinski definition) is 3. The third-order valence-corrected chi connectivity index (χ3v) is 5.40. The van der Waals surface area contributed by atoms with Crippen molar-refractivity contribution in [1.82, 2.24) is 20.4 Å². The Kier molecular flexibility index (Phi) is 10.9. The molecular weight excluding hydrogens is 507 g/mol. The number of halogens is 1. The van der Waals surface area contributed by atoms with Crippen LogP contribution in [-0.4, -0.2) is 67.0 Å². The molecule has 1 aromatic rings. The summed E-state index contributed by atoms with van der Waals surface area (Å²) < 4.78 is 0. The van der Waals surface area contributed by atoms with Gasteiger partial charge in [0.2, 0.25) is 5.91 Å². The van der Waals surface area contributed by atoms with E-state index in [0.29, 0.717) is 13.0 Å². The molecule has 0 bridgehead atoms. The van der Waals surface area contributed by atoms with E-state index >= 15 is 0 Å². The molecule has 3 rings (SSSR count). The van der Waals surface area contributed by atoms with Crippen LogP contribution in [0.4, 0.5) is 10.5 Å². The number of likely N-dealkylation sites (tertiary alicyclic amines) is 2. The quantitative estimate of drug-likeness (QED) is 0.204. The van der Waals surface area contributed by atoms with Gasteiger partial charge in [0.15, 0.2) is 5.96 Å². The first-order valence-corrected chi connectivity index (χ1v) is 11.1. The van der Waals surface area contributed by atoms with Crippen LogP contribution < -0.4 is 16.0 Å². The van der Waals surface area contributed by atoms with Crippen molar-refractivity contribution in [2.24, 2.45) is 4.99 Å². The summed E-state index contributed by atoms with van der Waals surface area (Å²) in [4.78, 5) is 32.4. The zero-order chi connectivity index (χ0) is 21.2. The lowest BCUT2D eigenvalue weighted by atomic mass is 10.2. The van der Waals surface area contributed by atoms with E-state index in [1.165, 1.54) is 0 Å². The summed E-state index contributed by atoms with van der Waals surface area (Å²) in [6.45, 7) is 7.45. The third kappa shape index (κ3) is 8.19. The van der Waals surface area contributed by atoms with Crippen LogP contribution in [-0.2, 0) is 11.3 Å². The van der Waals surface area contributed by atoms with Crippen LogP contribution >= 0.6 is 24.0 Å². The van der Waals surface area contributed by atoms with Gasteiger partial charge in [-0.15, -0.1) is 24.0 Å². The highest BCUT2D eigenvalue weighted by Gasteiger charge is 2.19. The molecule has 2 saturated heterocycles. The van der Waals surface area contributed by atoms with Crippen LogP contribution in [0.5, 0.6) is 0 Å². The maximum absolute atomic E-state index is 12.3. The number of amides is 3. The number of hydrogen-bond acceptors (Lipinski definition) is 3.